The van der Waals surface area contributed by atoms with Crippen LogP contribution in [0, 0.1) is 17.0 Å². The molecule has 0 aromatic heterocycles. The predicted molar refractivity (Wildman–Crippen MR) is 74.6 cm³/mol. The van der Waals surface area contributed by atoms with Crippen molar-refractivity contribution in [2.24, 2.45) is 0 Å². The van der Waals surface area contributed by atoms with Gasteiger partial charge in [-0.05, 0) is 25.3 Å². The molecule has 0 saturated carbocycles. The molecule has 1 N–H and O–H groups in total. The molecule has 0 radical (unpaired) electrons. The summed E-state index contributed by atoms with van der Waals surface area (Å²) >= 11 is 0. The molecule has 1 heterocycles. The van der Waals surface area contributed by atoms with E-state index in [4.69, 9.17) is 5.11 Å². The molecule has 0 spiro atoms. The molecule has 106 valence electrons. The van der Waals surface area contributed by atoms with Crippen molar-refractivity contribution in [3.8, 4) is 0 Å². The lowest BCUT2D eigenvalue weighted by Crippen LogP contribution is -2.35. The molecule has 6 nitrogen and oxygen atoms in total. The highest BCUT2D eigenvalue weighted by Crippen LogP contribution is 2.25. The number of nitro groups is 1. The van der Waals surface area contributed by atoms with Crippen molar-refractivity contribution in [1.82, 2.24) is 4.90 Å². The van der Waals surface area contributed by atoms with Crippen LogP contribution in [0.1, 0.15) is 24.0 Å². The van der Waals surface area contributed by atoms with Gasteiger partial charge in [0.25, 0.3) is 5.69 Å². The summed E-state index contributed by atoms with van der Waals surface area (Å²) in [5, 5.41) is 19.8. The van der Waals surface area contributed by atoms with E-state index >= 15 is 0 Å². The van der Waals surface area contributed by atoms with Gasteiger partial charge in [0.05, 0.1) is 4.92 Å². The van der Waals surface area contributed by atoms with E-state index in [1.54, 1.807) is 13.0 Å². The molecule has 0 bridgehead atoms. The Morgan fingerprint density at radius 3 is 2.60 bits per heavy atom. The van der Waals surface area contributed by atoms with Gasteiger partial charge in [-0.25, -0.2) is 4.79 Å². The Labute approximate surface area is 116 Å². The van der Waals surface area contributed by atoms with Crippen molar-refractivity contribution >= 4 is 17.9 Å². The van der Waals surface area contributed by atoms with E-state index in [9.17, 15) is 14.9 Å². The highest BCUT2D eigenvalue weighted by Gasteiger charge is 2.18. The number of benzene rings is 1. The molecule has 1 aromatic carbocycles. The van der Waals surface area contributed by atoms with Crippen molar-refractivity contribution in [1.29, 1.82) is 0 Å². The third-order valence-corrected chi connectivity index (χ3v) is 3.58. The van der Waals surface area contributed by atoms with E-state index in [0.29, 0.717) is 31.5 Å². The van der Waals surface area contributed by atoms with Crippen molar-refractivity contribution < 1.29 is 14.8 Å². The van der Waals surface area contributed by atoms with Crippen LogP contribution in [0.3, 0.4) is 0 Å². The first-order valence-electron chi connectivity index (χ1n) is 6.40. The Balaban J connectivity index is 2.18. The topological polar surface area (TPSA) is 83.7 Å². The third kappa shape index (κ3) is 2.96. The molecular formula is C14H16N2O4. The molecule has 1 amide bonds. The fraction of sp³-hybridized carbons (Fsp3) is 0.357. The summed E-state index contributed by atoms with van der Waals surface area (Å²) in [7, 11) is 0. The maximum atomic E-state index is 10.9. The van der Waals surface area contributed by atoms with Crippen LogP contribution >= 0.6 is 0 Å². The van der Waals surface area contributed by atoms with Crippen LogP contribution in [0.4, 0.5) is 10.5 Å². The molecule has 20 heavy (non-hydrogen) atoms. The highest BCUT2D eigenvalue weighted by atomic mass is 16.6. The molecule has 0 unspecified atom stereocenters. The molecule has 0 atom stereocenters. The molecule has 0 aliphatic carbocycles. The van der Waals surface area contributed by atoms with Gasteiger partial charge in [-0.2, -0.15) is 0 Å². The Morgan fingerprint density at radius 2 is 2.05 bits per heavy atom. The average molecular weight is 276 g/mol. The first kappa shape index (κ1) is 14.0. The lowest BCUT2D eigenvalue weighted by Gasteiger charge is -2.25. The maximum Gasteiger partial charge on any atom is 0.407 e. The zero-order valence-electron chi connectivity index (χ0n) is 11.2. The number of nitro benzene ring substituents is 1. The van der Waals surface area contributed by atoms with E-state index in [2.05, 4.69) is 0 Å². The lowest BCUT2D eigenvalue weighted by molar-refractivity contribution is -0.385. The minimum atomic E-state index is -0.893. The highest BCUT2D eigenvalue weighted by molar-refractivity contribution is 5.66. The summed E-state index contributed by atoms with van der Waals surface area (Å²) in [4.78, 5) is 22.7. The Bertz CT molecular complexity index is 571. The van der Waals surface area contributed by atoms with Crippen molar-refractivity contribution in [2.75, 3.05) is 13.1 Å². The van der Waals surface area contributed by atoms with Gasteiger partial charge in [0.2, 0.25) is 0 Å². The minimum absolute atomic E-state index is 0.113. The summed E-state index contributed by atoms with van der Waals surface area (Å²) in [6.07, 6.45) is 2.40. The predicted octanol–water partition coefficient (Wildman–Crippen LogP) is 3.06. The first-order chi connectivity index (χ1) is 9.49. The van der Waals surface area contributed by atoms with Gasteiger partial charge in [-0.15, -0.1) is 0 Å². The average Bonchev–Trinajstić information content (AvgIpc) is 2.41. The van der Waals surface area contributed by atoms with Crippen molar-refractivity contribution in [3.63, 3.8) is 0 Å². The summed E-state index contributed by atoms with van der Waals surface area (Å²) in [6, 6.07) is 5.01. The molecule has 1 aromatic rings. The van der Waals surface area contributed by atoms with Crippen LogP contribution in [0.5, 0.6) is 0 Å². The van der Waals surface area contributed by atoms with Crippen LogP contribution in [0.15, 0.2) is 23.8 Å². The number of likely N-dealkylation sites (tertiary alicyclic amines) is 1. The van der Waals surface area contributed by atoms with Gasteiger partial charge in [0.15, 0.2) is 0 Å². The largest absolute Gasteiger partial charge is 0.465 e. The summed E-state index contributed by atoms with van der Waals surface area (Å²) in [6.45, 7) is 2.70. The van der Waals surface area contributed by atoms with Crippen LogP contribution in [-0.2, 0) is 0 Å². The monoisotopic (exact) mass is 276 g/mol. The van der Waals surface area contributed by atoms with Gasteiger partial charge in [-0.1, -0.05) is 23.8 Å². The van der Waals surface area contributed by atoms with Crippen LogP contribution in [0.25, 0.3) is 6.08 Å². The number of rotatable bonds is 2. The molecule has 1 saturated heterocycles. The second kappa shape index (κ2) is 5.73. The standard InChI is InChI=1S/C14H16N2O4/c1-10-12(3-2-4-13(10)16(19)20)9-11-5-7-15(8-6-11)14(17)18/h2-4,9H,5-8H2,1H3,(H,17,18). The summed E-state index contributed by atoms with van der Waals surface area (Å²) in [5.41, 5.74) is 2.72. The van der Waals surface area contributed by atoms with Gasteiger partial charge in [0, 0.05) is 24.7 Å². The van der Waals surface area contributed by atoms with Crippen LogP contribution in [0.2, 0.25) is 0 Å². The van der Waals surface area contributed by atoms with E-state index in [1.165, 1.54) is 11.0 Å². The lowest BCUT2D eigenvalue weighted by atomic mass is 9.98. The Kier molecular flexibility index (Phi) is 4.02. The van der Waals surface area contributed by atoms with E-state index in [1.807, 2.05) is 12.1 Å². The van der Waals surface area contributed by atoms with E-state index in [0.717, 1.165) is 11.1 Å². The summed E-state index contributed by atoms with van der Waals surface area (Å²) in [5.74, 6) is 0. The van der Waals surface area contributed by atoms with Crippen molar-refractivity contribution in [2.45, 2.75) is 19.8 Å². The zero-order valence-corrected chi connectivity index (χ0v) is 11.2. The summed E-state index contributed by atoms with van der Waals surface area (Å²) < 4.78 is 0. The number of piperidine rings is 1. The Morgan fingerprint density at radius 1 is 1.40 bits per heavy atom. The molecule has 1 aliphatic rings. The number of amides is 1. The number of hydrogen-bond donors (Lipinski definition) is 1. The zero-order chi connectivity index (χ0) is 14.7. The Hall–Kier alpha value is -2.37. The normalized spacial score (nSPS) is 15.1. The van der Waals surface area contributed by atoms with Gasteiger partial charge >= 0.3 is 6.09 Å². The number of nitrogens with zero attached hydrogens (tertiary/aromatic N) is 2. The molecule has 1 aliphatic heterocycles. The molecule has 1 fully saturated rings. The third-order valence-electron chi connectivity index (χ3n) is 3.58. The second-order valence-electron chi connectivity index (χ2n) is 4.82. The molecule has 2 rings (SSSR count). The SMILES string of the molecule is Cc1c(C=C2CCN(C(=O)O)CC2)cccc1[N+](=O)[O-]. The number of carboxylic acid groups (broad SMARTS) is 1. The first-order valence-corrected chi connectivity index (χ1v) is 6.40. The second-order valence-corrected chi connectivity index (χ2v) is 4.82. The fourth-order valence-corrected chi connectivity index (χ4v) is 2.34. The minimum Gasteiger partial charge on any atom is -0.465 e. The molecular weight excluding hydrogens is 260 g/mol. The van der Waals surface area contributed by atoms with Crippen molar-refractivity contribution in [3.05, 3.63) is 45.0 Å². The number of hydrogen-bond acceptors (Lipinski definition) is 3. The fourth-order valence-electron chi connectivity index (χ4n) is 2.34. The maximum absolute atomic E-state index is 10.9. The number of carbonyl (C=O) groups is 1. The van der Waals surface area contributed by atoms with Gasteiger partial charge < -0.3 is 10.0 Å². The van der Waals surface area contributed by atoms with Gasteiger partial charge in [0.1, 0.15) is 0 Å². The van der Waals surface area contributed by atoms with E-state index in [-0.39, 0.29) is 10.6 Å². The van der Waals surface area contributed by atoms with E-state index < -0.39 is 6.09 Å². The molecule has 6 heteroatoms. The van der Waals surface area contributed by atoms with Gasteiger partial charge in [-0.3, -0.25) is 10.1 Å². The smallest absolute Gasteiger partial charge is 0.407 e. The van der Waals surface area contributed by atoms with Crippen LogP contribution in [-0.4, -0.2) is 34.1 Å². The quantitative estimate of drug-likeness (QED) is 0.664. The van der Waals surface area contributed by atoms with Crippen LogP contribution < -0.4 is 0 Å².